The van der Waals surface area contributed by atoms with E-state index in [1.54, 1.807) is 0 Å². The monoisotopic (exact) mass is 296 g/mol. The number of nitrogens with two attached hydrogens (primary N) is 1. The highest BCUT2D eigenvalue weighted by molar-refractivity contribution is 5.76. The Morgan fingerprint density at radius 2 is 2.18 bits per heavy atom. The number of amides is 1. The molecule has 2 N–H and O–H groups in total. The Morgan fingerprint density at radius 1 is 1.36 bits per heavy atom. The summed E-state index contributed by atoms with van der Waals surface area (Å²) in [6.07, 6.45) is 2.90. The third kappa shape index (κ3) is 2.96. The lowest BCUT2D eigenvalue weighted by Gasteiger charge is -2.37. The summed E-state index contributed by atoms with van der Waals surface area (Å²) in [4.78, 5) is 15.7. The molecule has 4 nitrogen and oxygen atoms in total. The van der Waals surface area contributed by atoms with E-state index in [1.165, 1.54) is 0 Å². The number of carbonyl (C=O) groups excluding carboxylic acids is 1. The maximum absolute atomic E-state index is 11.2. The van der Waals surface area contributed by atoms with E-state index in [9.17, 15) is 4.79 Å². The molecule has 1 atom stereocenters. The third-order valence-electron chi connectivity index (χ3n) is 3.95. The first-order chi connectivity index (χ1) is 10.4. The zero-order chi connectivity index (χ0) is 15.7. The summed E-state index contributed by atoms with van der Waals surface area (Å²) < 4.78 is 6.09. The first kappa shape index (κ1) is 14.6. The van der Waals surface area contributed by atoms with Gasteiger partial charge in [-0.3, -0.25) is 9.78 Å². The summed E-state index contributed by atoms with van der Waals surface area (Å²) in [5.41, 5.74) is 8.07. The van der Waals surface area contributed by atoms with Gasteiger partial charge in [-0.25, -0.2) is 0 Å². The van der Waals surface area contributed by atoms with Crippen LogP contribution in [0.2, 0.25) is 0 Å². The summed E-state index contributed by atoms with van der Waals surface area (Å²) in [5, 5.41) is 0. The molecule has 1 unspecified atom stereocenters. The highest BCUT2D eigenvalue weighted by Crippen LogP contribution is 2.43. The van der Waals surface area contributed by atoms with Gasteiger partial charge in [0.25, 0.3) is 0 Å². The highest BCUT2D eigenvalue weighted by atomic mass is 16.5. The van der Waals surface area contributed by atoms with Crippen LogP contribution in [0.25, 0.3) is 0 Å². The number of fused-ring (bicyclic) bond motifs is 1. The van der Waals surface area contributed by atoms with Gasteiger partial charge in [-0.15, -0.1) is 0 Å². The molecule has 0 radical (unpaired) electrons. The van der Waals surface area contributed by atoms with Crippen LogP contribution in [0.15, 0.2) is 42.6 Å². The predicted octanol–water partition coefficient (Wildman–Crippen LogP) is 2.80. The minimum absolute atomic E-state index is 0.160. The van der Waals surface area contributed by atoms with Gasteiger partial charge in [0, 0.05) is 23.4 Å². The van der Waals surface area contributed by atoms with Gasteiger partial charge in [0.2, 0.25) is 5.91 Å². The third-order valence-corrected chi connectivity index (χ3v) is 3.95. The van der Waals surface area contributed by atoms with Crippen LogP contribution in [-0.4, -0.2) is 16.5 Å². The van der Waals surface area contributed by atoms with Gasteiger partial charge >= 0.3 is 0 Å². The van der Waals surface area contributed by atoms with Crippen LogP contribution >= 0.6 is 0 Å². The van der Waals surface area contributed by atoms with Gasteiger partial charge in [-0.05, 0) is 44.0 Å². The maximum Gasteiger partial charge on any atom is 0.221 e. The fraction of sp³-hybridized carbons (Fsp3) is 0.333. The average Bonchev–Trinajstić information content (AvgIpc) is 2.46. The number of ether oxygens (including phenoxy) is 1. The molecule has 22 heavy (non-hydrogen) atoms. The minimum Gasteiger partial charge on any atom is -0.488 e. The molecule has 1 aromatic carbocycles. The first-order valence-electron chi connectivity index (χ1n) is 7.46. The number of primary amides is 1. The number of nitrogens with zero attached hydrogens (tertiary/aromatic N) is 1. The van der Waals surface area contributed by atoms with E-state index in [-0.39, 0.29) is 23.8 Å². The van der Waals surface area contributed by atoms with Crippen molar-refractivity contribution in [1.82, 2.24) is 4.98 Å². The Bertz CT molecular complexity index is 695. The average molecular weight is 296 g/mol. The molecule has 0 saturated carbocycles. The highest BCUT2D eigenvalue weighted by Gasteiger charge is 2.35. The lowest BCUT2D eigenvalue weighted by Crippen LogP contribution is -2.35. The molecule has 0 saturated heterocycles. The molecule has 4 heteroatoms. The van der Waals surface area contributed by atoms with Crippen molar-refractivity contribution in [1.29, 1.82) is 0 Å². The summed E-state index contributed by atoms with van der Waals surface area (Å²) in [6, 6.07) is 11.8. The molecule has 0 aliphatic carbocycles. The molecule has 1 aromatic heterocycles. The van der Waals surface area contributed by atoms with E-state index in [2.05, 4.69) is 18.8 Å². The molecule has 0 bridgehead atoms. The summed E-state index contributed by atoms with van der Waals surface area (Å²) in [6.45, 7) is 4.17. The van der Waals surface area contributed by atoms with Gasteiger partial charge in [-0.1, -0.05) is 18.2 Å². The molecule has 0 fully saturated rings. The van der Waals surface area contributed by atoms with E-state index < -0.39 is 0 Å². The molecule has 0 spiro atoms. The number of aromatic nitrogens is 1. The molecule has 114 valence electrons. The Hall–Kier alpha value is -2.36. The van der Waals surface area contributed by atoms with Crippen molar-refractivity contribution in [2.45, 2.75) is 38.2 Å². The number of hydrogen-bond acceptors (Lipinski definition) is 3. The van der Waals surface area contributed by atoms with E-state index in [4.69, 9.17) is 10.5 Å². The van der Waals surface area contributed by atoms with Crippen LogP contribution in [0.4, 0.5) is 0 Å². The van der Waals surface area contributed by atoms with Gasteiger partial charge < -0.3 is 10.5 Å². The minimum atomic E-state index is -0.327. The summed E-state index contributed by atoms with van der Waals surface area (Å²) in [7, 11) is 0. The Kier molecular flexibility index (Phi) is 3.61. The van der Waals surface area contributed by atoms with Crippen molar-refractivity contribution < 1.29 is 9.53 Å². The number of hydrogen-bond donors (Lipinski definition) is 1. The topological polar surface area (TPSA) is 65.2 Å². The zero-order valence-electron chi connectivity index (χ0n) is 12.9. The molecule has 1 amide bonds. The number of pyridine rings is 1. The smallest absolute Gasteiger partial charge is 0.221 e. The Balaban J connectivity index is 2.06. The standard InChI is InChI=1S/C18H20N2O2/c1-18(2)11-14(15-5-3-4-8-20-15)13-9-12(10-17(19)21)6-7-16(13)22-18/h3-9,14H,10-11H2,1-2H3,(H2,19,21). The van der Waals surface area contributed by atoms with E-state index in [1.807, 2.05) is 42.6 Å². The fourth-order valence-corrected chi connectivity index (χ4v) is 3.06. The Morgan fingerprint density at radius 3 is 2.86 bits per heavy atom. The van der Waals surface area contributed by atoms with E-state index >= 15 is 0 Å². The fourth-order valence-electron chi connectivity index (χ4n) is 3.06. The molecule has 3 rings (SSSR count). The van der Waals surface area contributed by atoms with Crippen molar-refractivity contribution in [2.24, 2.45) is 5.73 Å². The number of carbonyl (C=O) groups is 1. The van der Waals surface area contributed by atoms with E-state index in [0.29, 0.717) is 0 Å². The van der Waals surface area contributed by atoms with Crippen molar-refractivity contribution in [2.75, 3.05) is 0 Å². The van der Waals surface area contributed by atoms with Crippen LogP contribution in [0.1, 0.15) is 43.0 Å². The second kappa shape index (κ2) is 5.44. The second-order valence-electron chi connectivity index (χ2n) is 6.39. The lowest BCUT2D eigenvalue weighted by molar-refractivity contribution is -0.117. The predicted molar refractivity (Wildman–Crippen MR) is 84.7 cm³/mol. The van der Waals surface area contributed by atoms with Gasteiger partial charge in [-0.2, -0.15) is 0 Å². The van der Waals surface area contributed by atoms with Gasteiger partial charge in [0.1, 0.15) is 11.4 Å². The van der Waals surface area contributed by atoms with Gasteiger partial charge in [0.05, 0.1) is 6.42 Å². The van der Waals surface area contributed by atoms with Crippen molar-refractivity contribution in [3.05, 3.63) is 59.4 Å². The van der Waals surface area contributed by atoms with Crippen LogP contribution in [-0.2, 0) is 11.2 Å². The zero-order valence-corrected chi connectivity index (χ0v) is 12.9. The quantitative estimate of drug-likeness (QED) is 0.947. The number of rotatable bonds is 3. The maximum atomic E-state index is 11.2. The summed E-state index contributed by atoms with van der Waals surface area (Å²) >= 11 is 0. The van der Waals surface area contributed by atoms with Crippen LogP contribution in [0, 0.1) is 0 Å². The lowest BCUT2D eigenvalue weighted by atomic mass is 9.81. The Labute approximate surface area is 130 Å². The van der Waals surface area contributed by atoms with Crippen LogP contribution < -0.4 is 10.5 Å². The largest absolute Gasteiger partial charge is 0.488 e. The normalized spacial score (nSPS) is 19.1. The van der Waals surface area contributed by atoms with Crippen molar-refractivity contribution >= 4 is 5.91 Å². The number of benzene rings is 1. The SMILES string of the molecule is CC1(C)CC(c2ccccn2)c2cc(CC(N)=O)ccc2O1. The molecular weight excluding hydrogens is 276 g/mol. The first-order valence-corrected chi connectivity index (χ1v) is 7.46. The van der Waals surface area contributed by atoms with Crippen molar-refractivity contribution in [3.63, 3.8) is 0 Å². The molecule has 1 aliphatic heterocycles. The van der Waals surface area contributed by atoms with E-state index in [0.717, 1.165) is 29.0 Å². The van der Waals surface area contributed by atoms with Crippen LogP contribution in [0.5, 0.6) is 5.75 Å². The van der Waals surface area contributed by atoms with Crippen molar-refractivity contribution in [3.8, 4) is 5.75 Å². The second-order valence-corrected chi connectivity index (χ2v) is 6.39. The molecular formula is C18H20N2O2. The van der Waals surface area contributed by atoms with Crippen LogP contribution in [0.3, 0.4) is 0 Å². The molecule has 2 heterocycles. The molecule has 2 aromatic rings. The summed E-state index contributed by atoms with van der Waals surface area (Å²) in [5.74, 6) is 0.694. The molecule has 1 aliphatic rings. The van der Waals surface area contributed by atoms with Gasteiger partial charge in [0.15, 0.2) is 0 Å².